The lowest BCUT2D eigenvalue weighted by Gasteiger charge is -2.16. The molecule has 82 valence electrons. The van der Waals surface area contributed by atoms with Crippen LogP contribution in [0.3, 0.4) is 0 Å². The summed E-state index contributed by atoms with van der Waals surface area (Å²) in [4.78, 5) is 21.1. The Kier molecular flexibility index (Phi) is 5.11. The number of carbonyl (C=O) groups excluding carboxylic acids is 1. The van der Waals surface area contributed by atoms with Crippen molar-refractivity contribution in [2.24, 2.45) is 0 Å². The lowest BCUT2D eigenvalue weighted by molar-refractivity contribution is -0.173. The molecule has 6 nitrogen and oxygen atoms in total. The molecule has 0 amide bonds. The van der Waals surface area contributed by atoms with Crippen LogP contribution in [0.1, 0.15) is 20.3 Å². The number of aliphatic hydroxyl groups is 2. The lowest BCUT2D eigenvalue weighted by Crippen LogP contribution is -2.41. The maximum atomic E-state index is 11.0. The van der Waals surface area contributed by atoms with Gasteiger partial charge in [0.25, 0.3) is 0 Å². The fourth-order valence-corrected chi connectivity index (χ4v) is 0.615. The number of carboxylic acid groups (broad SMARTS) is 1. The largest absolute Gasteiger partial charge is 0.479 e. The zero-order valence-electron chi connectivity index (χ0n) is 8.01. The van der Waals surface area contributed by atoms with Crippen LogP contribution in [0.15, 0.2) is 0 Å². The number of aliphatic hydroxyl groups excluding tert-OH is 2. The number of carboxylic acids is 1. The van der Waals surface area contributed by atoms with Gasteiger partial charge in [-0.2, -0.15) is 0 Å². The molecule has 14 heavy (non-hydrogen) atoms. The predicted molar refractivity (Wildman–Crippen MR) is 45.5 cm³/mol. The SMILES string of the molecule is CCC(C)OC(=O)[C@H](O)[C@H](O)C(=O)O. The molecule has 0 bridgehead atoms. The number of aliphatic carboxylic acids is 1. The third-order valence-corrected chi connectivity index (χ3v) is 1.69. The van der Waals surface area contributed by atoms with Crippen molar-refractivity contribution < 1.29 is 29.6 Å². The summed E-state index contributed by atoms with van der Waals surface area (Å²) < 4.78 is 4.62. The molecule has 0 spiro atoms. The Morgan fingerprint density at radius 1 is 1.29 bits per heavy atom. The van der Waals surface area contributed by atoms with E-state index in [2.05, 4.69) is 4.74 Å². The fourth-order valence-electron chi connectivity index (χ4n) is 0.615. The Hall–Kier alpha value is -1.14. The summed E-state index contributed by atoms with van der Waals surface area (Å²) in [5, 5.41) is 26.1. The first-order valence-electron chi connectivity index (χ1n) is 4.19. The van der Waals surface area contributed by atoms with Gasteiger partial charge in [0.05, 0.1) is 6.10 Å². The van der Waals surface area contributed by atoms with Gasteiger partial charge < -0.3 is 20.1 Å². The van der Waals surface area contributed by atoms with Crippen LogP contribution in [0.4, 0.5) is 0 Å². The van der Waals surface area contributed by atoms with E-state index in [4.69, 9.17) is 15.3 Å². The van der Waals surface area contributed by atoms with Crippen LogP contribution in [-0.2, 0) is 14.3 Å². The molecule has 0 aliphatic heterocycles. The van der Waals surface area contributed by atoms with Crippen molar-refractivity contribution in [1.82, 2.24) is 0 Å². The van der Waals surface area contributed by atoms with Crippen LogP contribution < -0.4 is 0 Å². The monoisotopic (exact) mass is 206 g/mol. The van der Waals surface area contributed by atoms with Gasteiger partial charge in [0.1, 0.15) is 0 Å². The fraction of sp³-hybridized carbons (Fsp3) is 0.750. The molecule has 3 N–H and O–H groups in total. The van der Waals surface area contributed by atoms with Gasteiger partial charge in [0.2, 0.25) is 0 Å². The Labute approximate surface area is 81.1 Å². The molecule has 0 radical (unpaired) electrons. The second kappa shape index (κ2) is 5.56. The first-order valence-corrected chi connectivity index (χ1v) is 4.19. The zero-order chi connectivity index (χ0) is 11.3. The van der Waals surface area contributed by atoms with E-state index in [0.29, 0.717) is 6.42 Å². The highest BCUT2D eigenvalue weighted by Gasteiger charge is 2.31. The topological polar surface area (TPSA) is 104 Å². The van der Waals surface area contributed by atoms with Crippen molar-refractivity contribution in [3.05, 3.63) is 0 Å². The minimum absolute atomic E-state index is 0.418. The molecule has 0 aromatic rings. The predicted octanol–water partition coefficient (Wildman–Crippen LogP) is -0.866. The smallest absolute Gasteiger partial charge is 0.338 e. The van der Waals surface area contributed by atoms with Crippen molar-refractivity contribution >= 4 is 11.9 Å². The normalized spacial score (nSPS) is 16.9. The summed E-state index contributed by atoms with van der Waals surface area (Å²) in [6.07, 6.45) is -4.06. The second-order valence-electron chi connectivity index (χ2n) is 2.88. The standard InChI is InChI=1S/C8H14O6/c1-3-4(2)14-8(13)6(10)5(9)7(11)12/h4-6,9-10H,3H2,1-2H3,(H,11,12)/t4?,5-,6+/m0/s1. The highest BCUT2D eigenvalue weighted by atomic mass is 16.6. The summed E-state index contributed by atoms with van der Waals surface area (Å²) in [7, 11) is 0. The highest BCUT2D eigenvalue weighted by molar-refractivity contribution is 5.84. The molecule has 6 heteroatoms. The van der Waals surface area contributed by atoms with Gasteiger partial charge in [-0.15, -0.1) is 0 Å². The lowest BCUT2D eigenvalue weighted by atomic mass is 10.2. The summed E-state index contributed by atoms with van der Waals surface area (Å²) in [5.41, 5.74) is 0. The molecule has 0 rings (SSSR count). The highest BCUT2D eigenvalue weighted by Crippen LogP contribution is 2.02. The van der Waals surface area contributed by atoms with E-state index in [0.717, 1.165) is 0 Å². The minimum atomic E-state index is -2.15. The van der Waals surface area contributed by atoms with Crippen molar-refractivity contribution in [3.8, 4) is 0 Å². The molecule has 1 unspecified atom stereocenters. The summed E-state index contributed by atoms with van der Waals surface area (Å²) in [5.74, 6) is -2.80. The van der Waals surface area contributed by atoms with Crippen molar-refractivity contribution in [2.45, 2.75) is 38.6 Å². The molecule has 0 heterocycles. The van der Waals surface area contributed by atoms with Crippen LogP contribution in [0.5, 0.6) is 0 Å². The van der Waals surface area contributed by atoms with Crippen LogP contribution >= 0.6 is 0 Å². The van der Waals surface area contributed by atoms with Crippen LogP contribution in [0.25, 0.3) is 0 Å². The first-order chi connectivity index (χ1) is 6.40. The maximum Gasteiger partial charge on any atom is 0.338 e. The number of hydrogen-bond donors (Lipinski definition) is 3. The Morgan fingerprint density at radius 2 is 1.79 bits per heavy atom. The number of hydrogen-bond acceptors (Lipinski definition) is 5. The molecule has 0 saturated carbocycles. The molecule has 3 atom stereocenters. The quantitative estimate of drug-likeness (QED) is 0.505. The van der Waals surface area contributed by atoms with Gasteiger partial charge in [-0.25, -0.2) is 9.59 Å². The van der Waals surface area contributed by atoms with Crippen LogP contribution in [0, 0.1) is 0 Å². The Bertz CT molecular complexity index is 214. The average molecular weight is 206 g/mol. The van der Waals surface area contributed by atoms with Crippen LogP contribution in [0.2, 0.25) is 0 Å². The second-order valence-corrected chi connectivity index (χ2v) is 2.88. The summed E-state index contributed by atoms with van der Waals surface area (Å²) in [6.45, 7) is 3.36. The van der Waals surface area contributed by atoms with Crippen LogP contribution in [-0.4, -0.2) is 45.6 Å². The number of ether oxygens (including phenoxy) is 1. The van der Waals surface area contributed by atoms with Crippen molar-refractivity contribution in [2.75, 3.05) is 0 Å². The van der Waals surface area contributed by atoms with Gasteiger partial charge in [-0.05, 0) is 13.3 Å². The Morgan fingerprint density at radius 3 is 2.14 bits per heavy atom. The van der Waals surface area contributed by atoms with Gasteiger partial charge >= 0.3 is 11.9 Å². The average Bonchev–Trinajstić information content (AvgIpc) is 2.14. The van der Waals surface area contributed by atoms with Crippen molar-refractivity contribution in [3.63, 3.8) is 0 Å². The van der Waals surface area contributed by atoms with Crippen molar-refractivity contribution in [1.29, 1.82) is 0 Å². The molecule has 0 saturated heterocycles. The number of carbonyl (C=O) groups is 2. The Balaban J connectivity index is 4.18. The molecular formula is C8H14O6. The number of rotatable bonds is 5. The number of esters is 1. The van der Waals surface area contributed by atoms with Gasteiger partial charge in [0.15, 0.2) is 12.2 Å². The molecule has 0 aromatic carbocycles. The zero-order valence-corrected chi connectivity index (χ0v) is 8.01. The molecule has 0 fully saturated rings. The first kappa shape index (κ1) is 12.9. The van der Waals surface area contributed by atoms with Gasteiger partial charge in [-0.1, -0.05) is 6.92 Å². The molecule has 0 aromatic heterocycles. The molecule has 0 aliphatic rings. The third kappa shape index (κ3) is 3.71. The van der Waals surface area contributed by atoms with E-state index in [1.54, 1.807) is 13.8 Å². The van der Waals surface area contributed by atoms with E-state index >= 15 is 0 Å². The summed E-state index contributed by atoms with van der Waals surface area (Å²) in [6, 6.07) is 0. The third-order valence-electron chi connectivity index (χ3n) is 1.69. The molecule has 0 aliphatic carbocycles. The van der Waals surface area contributed by atoms with E-state index < -0.39 is 30.3 Å². The summed E-state index contributed by atoms with van der Waals surface area (Å²) >= 11 is 0. The van der Waals surface area contributed by atoms with E-state index in [1.165, 1.54) is 0 Å². The van der Waals surface area contributed by atoms with Gasteiger partial charge in [-0.3, -0.25) is 0 Å². The van der Waals surface area contributed by atoms with E-state index in [1.807, 2.05) is 0 Å². The van der Waals surface area contributed by atoms with E-state index in [9.17, 15) is 9.59 Å². The molecular weight excluding hydrogens is 192 g/mol. The minimum Gasteiger partial charge on any atom is -0.479 e. The van der Waals surface area contributed by atoms with E-state index in [-0.39, 0.29) is 0 Å². The maximum absolute atomic E-state index is 11.0. The van der Waals surface area contributed by atoms with Gasteiger partial charge in [0, 0.05) is 0 Å².